The van der Waals surface area contributed by atoms with Gasteiger partial charge in [-0.05, 0) is 22.5 Å². The number of aromatic carboxylic acids is 1. The zero-order valence-electron chi connectivity index (χ0n) is 12.2. The fourth-order valence-electron chi connectivity index (χ4n) is 2.80. The summed E-state index contributed by atoms with van der Waals surface area (Å²) < 4.78 is 0. The second kappa shape index (κ2) is 4.58. The highest BCUT2D eigenvalue weighted by molar-refractivity contribution is 5.85. The smallest absolute Gasteiger partial charge is 0.354 e. The molecule has 0 aromatic carbocycles. The molecule has 0 atom stereocenters. The number of nitrogens with zero attached hydrogens (tertiary/aromatic N) is 1. The Bertz CT molecular complexity index is 533. The molecule has 2 N–H and O–H groups in total. The van der Waals surface area contributed by atoms with Gasteiger partial charge in [-0.2, -0.15) is 0 Å². The number of hydrogen-bond donors (Lipinski definition) is 2. The highest BCUT2D eigenvalue weighted by atomic mass is 16.4. The summed E-state index contributed by atoms with van der Waals surface area (Å²) in [4.78, 5) is 26.7. The van der Waals surface area contributed by atoms with Crippen LogP contribution in [0.2, 0.25) is 0 Å². The molecule has 1 heterocycles. The van der Waals surface area contributed by atoms with Gasteiger partial charge in [-0.1, -0.05) is 33.8 Å². The van der Waals surface area contributed by atoms with Crippen molar-refractivity contribution in [3.8, 4) is 0 Å². The molecule has 20 heavy (non-hydrogen) atoms. The third kappa shape index (κ3) is 2.28. The highest BCUT2D eigenvalue weighted by Gasteiger charge is 2.68. The lowest BCUT2D eigenvalue weighted by Crippen LogP contribution is -2.27. The summed E-state index contributed by atoms with van der Waals surface area (Å²) in [6.07, 6.45) is 1.48. The van der Waals surface area contributed by atoms with Gasteiger partial charge in [0.15, 0.2) is 0 Å². The van der Waals surface area contributed by atoms with E-state index in [1.807, 2.05) is 0 Å². The van der Waals surface area contributed by atoms with Crippen molar-refractivity contribution in [3.05, 3.63) is 29.6 Å². The molecule has 1 fully saturated rings. The number of nitrogens with one attached hydrogen (secondary N) is 1. The van der Waals surface area contributed by atoms with Gasteiger partial charge in [-0.15, -0.1) is 0 Å². The van der Waals surface area contributed by atoms with Crippen LogP contribution in [0, 0.1) is 16.7 Å². The fourth-order valence-corrected chi connectivity index (χ4v) is 2.80. The maximum absolute atomic E-state index is 12.2. The van der Waals surface area contributed by atoms with Gasteiger partial charge in [0, 0.05) is 18.7 Å². The van der Waals surface area contributed by atoms with Crippen molar-refractivity contribution in [2.45, 2.75) is 34.2 Å². The Balaban J connectivity index is 1.93. The van der Waals surface area contributed by atoms with E-state index in [4.69, 9.17) is 5.11 Å². The van der Waals surface area contributed by atoms with E-state index < -0.39 is 5.97 Å². The minimum Gasteiger partial charge on any atom is -0.477 e. The van der Waals surface area contributed by atoms with E-state index in [0.717, 1.165) is 5.56 Å². The lowest BCUT2D eigenvalue weighted by atomic mass is 10.0. The van der Waals surface area contributed by atoms with Gasteiger partial charge in [-0.3, -0.25) is 4.79 Å². The van der Waals surface area contributed by atoms with E-state index in [2.05, 4.69) is 38.0 Å². The number of hydrogen-bond acceptors (Lipinski definition) is 3. The number of carbonyl (C=O) groups excluding carboxylic acids is 1. The van der Waals surface area contributed by atoms with Crippen LogP contribution < -0.4 is 5.32 Å². The van der Waals surface area contributed by atoms with Gasteiger partial charge in [0.2, 0.25) is 5.91 Å². The molecule has 5 nitrogen and oxygen atoms in total. The number of carboxylic acids is 1. The Morgan fingerprint density at radius 3 is 2.25 bits per heavy atom. The molecule has 1 aromatic rings. The Morgan fingerprint density at radius 2 is 1.85 bits per heavy atom. The van der Waals surface area contributed by atoms with Gasteiger partial charge >= 0.3 is 5.97 Å². The van der Waals surface area contributed by atoms with E-state index in [0.29, 0.717) is 6.54 Å². The average molecular weight is 276 g/mol. The molecule has 0 aliphatic heterocycles. The number of aromatic nitrogens is 1. The standard InChI is InChI=1S/C15H20N2O3/c1-14(2)11(15(14,3)4)12(18)17-8-9-5-6-10(13(19)20)16-7-9/h5-7,11H,8H2,1-4H3,(H,17,18)(H,19,20). The molecule has 0 saturated heterocycles. The first-order valence-electron chi connectivity index (χ1n) is 6.64. The minimum atomic E-state index is -1.05. The zero-order valence-corrected chi connectivity index (χ0v) is 12.2. The van der Waals surface area contributed by atoms with Gasteiger partial charge in [0.25, 0.3) is 0 Å². The molecule has 0 unspecified atom stereocenters. The first-order valence-corrected chi connectivity index (χ1v) is 6.64. The number of carbonyl (C=O) groups is 2. The summed E-state index contributed by atoms with van der Waals surface area (Å²) in [5.41, 5.74) is 0.828. The Morgan fingerprint density at radius 1 is 1.25 bits per heavy atom. The second-order valence-electron chi connectivity index (χ2n) is 6.45. The third-order valence-corrected chi connectivity index (χ3v) is 4.79. The number of carboxylic acid groups (broad SMARTS) is 1. The normalized spacial score (nSPS) is 19.4. The van der Waals surface area contributed by atoms with Crippen LogP contribution in [0.5, 0.6) is 0 Å². The zero-order chi connectivity index (χ0) is 15.1. The van der Waals surface area contributed by atoms with E-state index in [9.17, 15) is 9.59 Å². The van der Waals surface area contributed by atoms with Crippen LogP contribution in [0.25, 0.3) is 0 Å². The molecule has 1 aliphatic rings. The summed E-state index contributed by atoms with van der Waals surface area (Å²) in [7, 11) is 0. The molecule has 0 radical (unpaired) electrons. The largest absolute Gasteiger partial charge is 0.477 e. The molecule has 0 bridgehead atoms. The van der Waals surface area contributed by atoms with Crippen molar-refractivity contribution in [1.82, 2.24) is 10.3 Å². The van der Waals surface area contributed by atoms with Gasteiger partial charge in [0.05, 0.1) is 0 Å². The summed E-state index contributed by atoms with van der Waals surface area (Å²) in [6.45, 7) is 8.76. The van der Waals surface area contributed by atoms with Crippen molar-refractivity contribution in [2.75, 3.05) is 0 Å². The van der Waals surface area contributed by atoms with Crippen molar-refractivity contribution >= 4 is 11.9 Å². The number of amides is 1. The molecule has 1 amide bonds. The summed E-state index contributed by atoms with van der Waals surface area (Å²) in [5, 5.41) is 11.7. The highest BCUT2D eigenvalue weighted by Crippen LogP contribution is 2.68. The van der Waals surface area contributed by atoms with Crippen molar-refractivity contribution in [2.24, 2.45) is 16.7 Å². The SMILES string of the molecule is CC1(C)C(C(=O)NCc2ccc(C(=O)O)nc2)C1(C)C. The average Bonchev–Trinajstić information content (AvgIpc) is 2.77. The van der Waals surface area contributed by atoms with Gasteiger partial charge in [-0.25, -0.2) is 9.78 Å². The molecular weight excluding hydrogens is 256 g/mol. The monoisotopic (exact) mass is 276 g/mol. The van der Waals surface area contributed by atoms with Gasteiger partial charge < -0.3 is 10.4 Å². The molecule has 5 heteroatoms. The Labute approximate surface area is 118 Å². The summed E-state index contributed by atoms with van der Waals surface area (Å²) >= 11 is 0. The van der Waals surface area contributed by atoms with E-state index >= 15 is 0 Å². The third-order valence-electron chi connectivity index (χ3n) is 4.79. The van der Waals surface area contributed by atoms with E-state index in [1.54, 1.807) is 6.07 Å². The van der Waals surface area contributed by atoms with Crippen LogP contribution in [0.1, 0.15) is 43.7 Å². The van der Waals surface area contributed by atoms with Crippen LogP contribution in [-0.2, 0) is 11.3 Å². The molecule has 1 saturated carbocycles. The molecule has 0 spiro atoms. The fraction of sp³-hybridized carbons (Fsp3) is 0.533. The molecule has 2 rings (SSSR count). The lowest BCUT2D eigenvalue weighted by molar-refractivity contribution is -0.123. The topological polar surface area (TPSA) is 79.3 Å². The number of pyridine rings is 1. The van der Waals surface area contributed by atoms with Crippen LogP contribution in [-0.4, -0.2) is 22.0 Å². The maximum atomic E-state index is 12.2. The lowest BCUT2D eigenvalue weighted by Gasteiger charge is -2.06. The Kier molecular flexibility index (Phi) is 3.32. The molecule has 1 aromatic heterocycles. The maximum Gasteiger partial charge on any atom is 0.354 e. The van der Waals surface area contributed by atoms with E-state index in [-0.39, 0.29) is 28.3 Å². The first-order chi connectivity index (χ1) is 9.18. The molecule has 108 valence electrons. The second-order valence-corrected chi connectivity index (χ2v) is 6.45. The molecular formula is C15H20N2O3. The predicted octanol–water partition coefficient (Wildman–Crippen LogP) is 2.08. The van der Waals surface area contributed by atoms with E-state index in [1.165, 1.54) is 12.3 Å². The van der Waals surface area contributed by atoms with Crippen molar-refractivity contribution in [1.29, 1.82) is 0 Å². The quantitative estimate of drug-likeness (QED) is 0.882. The van der Waals surface area contributed by atoms with Crippen molar-refractivity contribution < 1.29 is 14.7 Å². The van der Waals surface area contributed by atoms with Crippen molar-refractivity contribution in [3.63, 3.8) is 0 Å². The van der Waals surface area contributed by atoms with Crippen LogP contribution >= 0.6 is 0 Å². The van der Waals surface area contributed by atoms with Crippen LogP contribution in [0.15, 0.2) is 18.3 Å². The summed E-state index contributed by atoms with van der Waals surface area (Å²) in [5.74, 6) is -0.995. The number of rotatable bonds is 4. The molecule has 1 aliphatic carbocycles. The summed E-state index contributed by atoms with van der Waals surface area (Å²) in [6, 6.07) is 3.11. The van der Waals surface area contributed by atoms with Gasteiger partial charge in [0.1, 0.15) is 5.69 Å². The van der Waals surface area contributed by atoms with Crippen LogP contribution in [0.4, 0.5) is 0 Å². The predicted molar refractivity (Wildman–Crippen MR) is 74.1 cm³/mol. The first kappa shape index (κ1) is 14.5. The van der Waals surface area contributed by atoms with Crippen LogP contribution in [0.3, 0.4) is 0 Å². The Hall–Kier alpha value is -1.91. The minimum absolute atomic E-state index is 0.00420.